The van der Waals surface area contributed by atoms with Crippen molar-refractivity contribution in [3.05, 3.63) is 35.4 Å². The maximum atomic E-state index is 12.6. The van der Waals surface area contributed by atoms with Crippen LogP contribution in [0.15, 0.2) is 24.3 Å². The number of carbonyl (C=O) groups is 2. The summed E-state index contributed by atoms with van der Waals surface area (Å²) in [5, 5.41) is 12.0. The second-order valence-electron chi connectivity index (χ2n) is 8.20. The summed E-state index contributed by atoms with van der Waals surface area (Å²) in [6, 6.07) is 8.88. The molecule has 142 valence electrons. The molecule has 1 aromatic carbocycles. The zero-order valence-corrected chi connectivity index (χ0v) is 15.4. The summed E-state index contributed by atoms with van der Waals surface area (Å²) in [4.78, 5) is 26.2. The Bertz CT molecular complexity index is 765. The predicted molar refractivity (Wildman–Crippen MR) is 98.8 cm³/mol. The predicted octanol–water partition coefficient (Wildman–Crippen LogP) is 2.10. The summed E-state index contributed by atoms with van der Waals surface area (Å²) >= 11 is 0. The number of hydrogen-bond acceptors (Lipinski definition) is 4. The molecule has 1 atom stereocenters. The van der Waals surface area contributed by atoms with E-state index in [1.807, 2.05) is 0 Å². The minimum absolute atomic E-state index is 0.0456. The van der Waals surface area contributed by atoms with Crippen LogP contribution in [-0.2, 0) is 9.53 Å². The Balaban J connectivity index is 1.22. The van der Waals surface area contributed by atoms with Gasteiger partial charge in [-0.25, -0.2) is 0 Å². The molecular weight excluding hydrogens is 342 g/mol. The lowest BCUT2D eigenvalue weighted by molar-refractivity contribution is -0.166. The molecule has 3 aliphatic rings. The third-order valence-corrected chi connectivity index (χ3v) is 5.88. The lowest BCUT2D eigenvalue weighted by atomic mass is 9.82. The molecule has 4 rings (SSSR count). The van der Waals surface area contributed by atoms with Crippen LogP contribution in [0.25, 0.3) is 0 Å². The SMILES string of the molecule is N#Cc1cccc(C(=O)N2CC3(CC[C@@H](CNC(=O)CC4CC4)CO3)C2)c1. The van der Waals surface area contributed by atoms with E-state index < -0.39 is 0 Å². The van der Waals surface area contributed by atoms with Gasteiger partial charge in [-0.3, -0.25) is 9.59 Å². The van der Waals surface area contributed by atoms with E-state index in [0.29, 0.717) is 55.6 Å². The standard InChI is InChI=1S/C21H25N3O3/c22-10-16-2-1-3-18(8-16)20(26)24-13-21(14-24)7-6-17(12-27-21)11-23-19(25)9-15-4-5-15/h1-3,8,15,17H,4-7,9,11-14H2,(H,23,25)/t17-/m0/s1. The van der Waals surface area contributed by atoms with Gasteiger partial charge in [-0.1, -0.05) is 6.07 Å². The van der Waals surface area contributed by atoms with Crippen molar-refractivity contribution in [1.29, 1.82) is 5.26 Å². The second-order valence-corrected chi connectivity index (χ2v) is 8.20. The number of carbonyl (C=O) groups excluding carboxylic acids is 2. The molecule has 2 saturated heterocycles. The molecule has 2 heterocycles. The molecule has 3 fully saturated rings. The fourth-order valence-corrected chi connectivity index (χ4v) is 3.94. The molecule has 2 amide bonds. The van der Waals surface area contributed by atoms with Crippen LogP contribution in [0.1, 0.15) is 48.0 Å². The molecule has 2 aliphatic heterocycles. The van der Waals surface area contributed by atoms with E-state index >= 15 is 0 Å². The van der Waals surface area contributed by atoms with Gasteiger partial charge in [0.05, 0.1) is 31.3 Å². The van der Waals surface area contributed by atoms with Gasteiger partial charge >= 0.3 is 0 Å². The summed E-state index contributed by atoms with van der Waals surface area (Å²) in [5.74, 6) is 1.09. The van der Waals surface area contributed by atoms with Crippen molar-refractivity contribution in [3.63, 3.8) is 0 Å². The number of rotatable bonds is 5. The van der Waals surface area contributed by atoms with Crippen LogP contribution >= 0.6 is 0 Å². The summed E-state index contributed by atoms with van der Waals surface area (Å²) in [7, 11) is 0. The molecular formula is C21H25N3O3. The lowest BCUT2D eigenvalue weighted by Crippen LogP contribution is -2.66. The molecule has 0 radical (unpaired) electrons. The molecule has 0 unspecified atom stereocenters. The Morgan fingerprint density at radius 3 is 2.74 bits per heavy atom. The maximum absolute atomic E-state index is 12.6. The number of nitriles is 1. The van der Waals surface area contributed by atoms with Crippen LogP contribution in [0.5, 0.6) is 0 Å². The van der Waals surface area contributed by atoms with Crippen molar-refractivity contribution in [1.82, 2.24) is 10.2 Å². The fourth-order valence-electron chi connectivity index (χ4n) is 3.94. The van der Waals surface area contributed by atoms with Gasteiger partial charge in [-0.2, -0.15) is 5.26 Å². The molecule has 1 aliphatic carbocycles. The first kappa shape index (κ1) is 18.0. The Kier molecular flexibility index (Phi) is 4.88. The zero-order valence-electron chi connectivity index (χ0n) is 15.4. The second kappa shape index (κ2) is 7.32. The number of ether oxygens (including phenoxy) is 1. The molecule has 27 heavy (non-hydrogen) atoms. The molecule has 0 bridgehead atoms. The first-order chi connectivity index (χ1) is 13.1. The lowest BCUT2D eigenvalue weighted by Gasteiger charge is -2.52. The van der Waals surface area contributed by atoms with E-state index in [2.05, 4.69) is 11.4 Å². The third kappa shape index (κ3) is 4.14. The zero-order chi connectivity index (χ0) is 18.9. The number of nitrogens with zero attached hydrogens (tertiary/aromatic N) is 2. The Hall–Kier alpha value is -2.39. The van der Waals surface area contributed by atoms with Gasteiger partial charge in [-0.05, 0) is 55.7 Å². The summed E-state index contributed by atoms with van der Waals surface area (Å²) < 4.78 is 6.10. The molecule has 1 aromatic rings. The topological polar surface area (TPSA) is 82.4 Å². The number of nitrogens with one attached hydrogen (secondary N) is 1. The van der Waals surface area contributed by atoms with Crippen molar-refractivity contribution in [2.24, 2.45) is 11.8 Å². The van der Waals surface area contributed by atoms with Crippen LogP contribution < -0.4 is 5.32 Å². The minimum Gasteiger partial charge on any atom is -0.371 e. The van der Waals surface area contributed by atoms with Gasteiger partial charge in [0.2, 0.25) is 5.91 Å². The van der Waals surface area contributed by atoms with Crippen molar-refractivity contribution < 1.29 is 14.3 Å². The average molecular weight is 367 g/mol. The first-order valence-electron chi connectivity index (χ1n) is 9.77. The molecule has 1 spiro atoms. The Labute approximate surface area is 159 Å². The van der Waals surface area contributed by atoms with Crippen molar-refractivity contribution in [2.75, 3.05) is 26.2 Å². The van der Waals surface area contributed by atoms with E-state index in [0.717, 1.165) is 12.8 Å². The van der Waals surface area contributed by atoms with Gasteiger partial charge in [0, 0.05) is 18.5 Å². The minimum atomic E-state index is -0.225. The van der Waals surface area contributed by atoms with Crippen LogP contribution in [0, 0.1) is 23.2 Å². The summed E-state index contributed by atoms with van der Waals surface area (Å²) in [5.41, 5.74) is 0.823. The summed E-state index contributed by atoms with van der Waals surface area (Å²) in [6.07, 6.45) is 4.98. The van der Waals surface area contributed by atoms with E-state index in [9.17, 15) is 9.59 Å². The highest BCUT2D eigenvalue weighted by Gasteiger charge is 2.48. The van der Waals surface area contributed by atoms with Crippen LogP contribution in [-0.4, -0.2) is 48.6 Å². The number of benzene rings is 1. The smallest absolute Gasteiger partial charge is 0.254 e. The normalized spacial score (nSPS) is 23.4. The Morgan fingerprint density at radius 2 is 2.07 bits per heavy atom. The number of hydrogen-bond donors (Lipinski definition) is 1. The molecule has 6 nitrogen and oxygen atoms in total. The van der Waals surface area contributed by atoms with E-state index in [4.69, 9.17) is 10.00 Å². The Morgan fingerprint density at radius 1 is 1.26 bits per heavy atom. The van der Waals surface area contributed by atoms with Gasteiger partial charge < -0.3 is 15.0 Å². The first-order valence-corrected chi connectivity index (χ1v) is 9.77. The van der Waals surface area contributed by atoms with Crippen LogP contribution in [0.4, 0.5) is 0 Å². The molecule has 0 aromatic heterocycles. The number of amides is 2. The monoisotopic (exact) mass is 367 g/mol. The van der Waals surface area contributed by atoms with Gasteiger partial charge in [-0.15, -0.1) is 0 Å². The molecule has 1 N–H and O–H groups in total. The molecule has 6 heteroatoms. The molecule has 1 saturated carbocycles. The van der Waals surface area contributed by atoms with Crippen molar-refractivity contribution in [3.8, 4) is 6.07 Å². The largest absolute Gasteiger partial charge is 0.371 e. The fraction of sp³-hybridized carbons (Fsp3) is 0.571. The number of likely N-dealkylation sites (tertiary alicyclic amines) is 1. The van der Waals surface area contributed by atoms with E-state index in [1.54, 1.807) is 29.2 Å². The third-order valence-electron chi connectivity index (χ3n) is 5.88. The highest BCUT2D eigenvalue weighted by atomic mass is 16.5. The van der Waals surface area contributed by atoms with Gasteiger partial charge in [0.1, 0.15) is 5.60 Å². The highest BCUT2D eigenvalue weighted by molar-refractivity contribution is 5.95. The van der Waals surface area contributed by atoms with Crippen LogP contribution in [0.2, 0.25) is 0 Å². The van der Waals surface area contributed by atoms with Crippen molar-refractivity contribution >= 4 is 11.8 Å². The van der Waals surface area contributed by atoms with E-state index in [-0.39, 0.29) is 17.4 Å². The average Bonchev–Trinajstić information content (AvgIpc) is 3.48. The quantitative estimate of drug-likeness (QED) is 0.864. The van der Waals surface area contributed by atoms with Gasteiger partial charge in [0.25, 0.3) is 5.91 Å². The van der Waals surface area contributed by atoms with Gasteiger partial charge in [0.15, 0.2) is 0 Å². The van der Waals surface area contributed by atoms with Crippen LogP contribution in [0.3, 0.4) is 0 Å². The van der Waals surface area contributed by atoms with Crippen molar-refractivity contribution in [2.45, 2.75) is 37.7 Å². The highest BCUT2D eigenvalue weighted by Crippen LogP contribution is 2.36. The maximum Gasteiger partial charge on any atom is 0.254 e. The summed E-state index contributed by atoms with van der Waals surface area (Å²) in [6.45, 7) is 2.52. The van der Waals surface area contributed by atoms with E-state index in [1.165, 1.54) is 12.8 Å².